The van der Waals surface area contributed by atoms with Gasteiger partial charge in [0, 0.05) is 17.4 Å². The van der Waals surface area contributed by atoms with E-state index in [1.807, 2.05) is 32.0 Å². The minimum absolute atomic E-state index is 0.140. The van der Waals surface area contributed by atoms with Crippen LogP contribution in [0.2, 0.25) is 0 Å². The van der Waals surface area contributed by atoms with Crippen LogP contribution in [0.25, 0.3) is 11.1 Å². The maximum absolute atomic E-state index is 12.5. The largest absolute Gasteiger partial charge is 0.440 e. The molecule has 1 aliphatic rings. The lowest BCUT2D eigenvalue weighted by Gasteiger charge is -2.21. The Kier molecular flexibility index (Phi) is 3.57. The number of rotatable bonds is 3. The highest BCUT2D eigenvalue weighted by Crippen LogP contribution is 2.24. The number of piperidine rings is 1. The van der Waals surface area contributed by atoms with Crippen LogP contribution in [0.15, 0.2) is 22.6 Å². The summed E-state index contributed by atoms with van der Waals surface area (Å²) in [5.41, 5.74) is 2.29. The molecule has 0 bridgehead atoms. The second-order valence-corrected chi connectivity index (χ2v) is 5.78. The van der Waals surface area contributed by atoms with Crippen LogP contribution in [0.3, 0.4) is 0 Å². The highest BCUT2D eigenvalue weighted by molar-refractivity contribution is 6.00. The summed E-state index contributed by atoms with van der Waals surface area (Å²) in [6.45, 7) is 5.95. The molecule has 106 valence electrons. The van der Waals surface area contributed by atoms with E-state index in [2.05, 4.69) is 10.3 Å². The zero-order valence-electron chi connectivity index (χ0n) is 12.0. The zero-order chi connectivity index (χ0) is 14.1. The smallest absolute Gasteiger partial charge is 0.198 e. The molecular weight excluding hydrogens is 252 g/mol. The standard InChI is InChI=1S/C16H20N2O2/c1-10(2)16-18-13-4-3-12(9-14(13)20-16)15(19)11-5-7-17-8-6-11/h3-4,9-11,17H,5-8H2,1-2H3. The second kappa shape index (κ2) is 5.37. The molecule has 2 aromatic rings. The topological polar surface area (TPSA) is 55.1 Å². The molecule has 0 atom stereocenters. The SMILES string of the molecule is CC(C)c1nc2ccc(C(=O)C3CCNCC3)cc2o1. The molecule has 0 unspecified atom stereocenters. The fraction of sp³-hybridized carbons (Fsp3) is 0.500. The quantitative estimate of drug-likeness (QED) is 0.872. The Morgan fingerprint density at radius 2 is 2.10 bits per heavy atom. The molecule has 4 nitrogen and oxygen atoms in total. The van der Waals surface area contributed by atoms with Gasteiger partial charge in [-0.25, -0.2) is 4.98 Å². The summed E-state index contributed by atoms with van der Waals surface area (Å²) in [5, 5.41) is 3.29. The van der Waals surface area contributed by atoms with E-state index in [0.29, 0.717) is 5.58 Å². The van der Waals surface area contributed by atoms with Crippen LogP contribution in [0.4, 0.5) is 0 Å². The predicted molar refractivity (Wildman–Crippen MR) is 78.0 cm³/mol. The predicted octanol–water partition coefficient (Wildman–Crippen LogP) is 3.13. The third-order valence-electron chi connectivity index (χ3n) is 3.89. The minimum Gasteiger partial charge on any atom is -0.440 e. The summed E-state index contributed by atoms with van der Waals surface area (Å²) in [4.78, 5) is 16.9. The Morgan fingerprint density at radius 1 is 1.35 bits per heavy atom. The number of carbonyl (C=O) groups excluding carboxylic acids is 1. The van der Waals surface area contributed by atoms with Gasteiger partial charge in [0.25, 0.3) is 0 Å². The monoisotopic (exact) mass is 272 g/mol. The molecule has 0 spiro atoms. The van der Waals surface area contributed by atoms with Crippen LogP contribution < -0.4 is 5.32 Å². The first-order chi connectivity index (χ1) is 9.65. The molecule has 3 rings (SSSR count). The molecule has 1 aromatic carbocycles. The van der Waals surface area contributed by atoms with Gasteiger partial charge in [-0.15, -0.1) is 0 Å². The fourth-order valence-electron chi connectivity index (χ4n) is 2.66. The van der Waals surface area contributed by atoms with Crippen molar-refractivity contribution >= 4 is 16.9 Å². The lowest BCUT2D eigenvalue weighted by Crippen LogP contribution is -2.31. The Morgan fingerprint density at radius 3 is 2.80 bits per heavy atom. The first-order valence-corrected chi connectivity index (χ1v) is 7.30. The minimum atomic E-state index is 0.140. The fourth-order valence-corrected chi connectivity index (χ4v) is 2.66. The summed E-state index contributed by atoms with van der Waals surface area (Å²) in [7, 11) is 0. The first kappa shape index (κ1) is 13.3. The van der Waals surface area contributed by atoms with Crippen LogP contribution >= 0.6 is 0 Å². The second-order valence-electron chi connectivity index (χ2n) is 5.78. The van der Waals surface area contributed by atoms with Crippen molar-refractivity contribution in [2.45, 2.75) is 32.6 Å². The van der Waals surface area contributed by atoms with Crippen molar-refractivity contribution < 1.29 is 9.21 Å². The molecule has 1 N–H and O–H groups in total. The Labute approximate surface area is 118 Å². The normalized spacial score (nSPS) is 16.9. The van der Waals surface area contributed by atoms with Crippen LogP contribution in [0, 0.1) is 5.92 Å². The van der Waals surface area contributed by atoms with Gasteiger partial charge in [-0.3, -0.25) is 4.79 Å². The van der Waals surface area contributed by atoms with Crippen molar-refractivity contribution in [2.75, 3.05) is 13.1 Å². The summed E-state index contributed by atoms with van der Waals surface area (Å²) in [5.74, 6) is 1.36. The van der Waals surface area contributed by atoms with E-state index < -0.39 is 0 Å². The van der Waals surface area contributed by atoms with Crippen molar-refractivity contribution in [3.05, 3.63) is 29.7 Å². The summed E-state index contributed by atoms with van der Waals surface area (Å²) >= 11 is 0. The number of hydrogen-bond acceptors (Lipinski definition) is 4. The maximum Gasteiger partial charge on any atom is 0.198 e. The molecule has 1 saturated heterocycles. The van der Waals surface area contributed by atoms with Crippen molar-refractivity contribution in [3.63, 3.8) is 0 Å². The van der Waals surface area contributed by atoms with E-state index in [1.54, 1.807) is 0 Å². The third kappa shape index (κ3) is 2.48. The number of hydrogen-bond donors (Lipinski definition) is 1. The van der Waals surface area contributed by atoms with E-state index in [9.17, 15) is 4.79 Å². The number of aromatic nitrogens is 1. The molecule has 4 heteroatoms. The van der Waals surface area contributed by atoms with E-state index in [4.69, 9.17) is 4.42 Å². The average molecular weight is 272 g/mol. The summed E-state index contributed by atoms with van der Waals surface area (Å²) in [6, 6.07) is 5.61. The van der Waals surface area contributed by atoms with Crippen LogP contribution in [0.1, 0.15) is 48.9 Å². The number of nitrogens with zero attached hydrogens (tertiary/aromatic N) is 1. The lowest BCUT2D eigenvalue weighted by atomic mass is 9.89. The van der Waals surface area contributed by atoms with E-state index in [1.165, 1.54) is 0 Å². The highest BCUT2D eigenvalue weighted by atomic mass is 16.3. The van der Waals surface area contributed by atoms with Gasteiger partial charge in [-0.2, -0.15) is 0 Å². The van der Waals surface area contributed by atoms with E-state index in [-0.39, 0.29) is 17.6 Å². The van der Waals surface area contributed by atoms with E-state index in [0.717, 1.165) is 42.9 Å². The number of nitrogens with one attached hydrogen (secondary N) is 1. The number of ketones is 1. The van der Waals surface area contributed by atoms with Crippen LogP contribution in [-0.2, 0) is 0 Å². The summed E-state index contributed by atoms with van der Waals surface area (Å²) in [6.07, 6.45) is 1.84. The number of oxazole rings is 1. The highest BCUT2D eigenvalue weighted by Gasteiger charge is 2.23. The number of Topliss-reactive ketones (excluding diaryl/α,β-unsaturated/α-hetero) is 1. The average Bonchev–Trinajstić information content (AvgIpc) is 2.90. The molecule has 20 heavy (non-hydrogen) atoms. The van der Waals surface area contributed by atoms with Gasteiger partial charge >= 0.3 is 0 Å². The molecule has 0 amide bonds. The molecule has 1 aromatic heterocycles. The van der Waals surface area contributed by atoms with Gasteiger partial charge in [0.2, 0.25) is 0 Å². The van der Waals surface area contributed by atoms with Gasteiger partial charge in [0.1, 0.15) is 5.52 Å². The van der Waals surface area contributed by atoms with Crippen molar-refractivity contribution in [1.29, 1.82) is 0 Å². The zero-order valence-corrected chi connectivity index (χ0v) is 12.0. The molecule has 0 radical (unpaired) electrons. The van der Waals surface area contributed by atoms with Crippen LogP contribution in [0.5, 0.6) is 0 Å². The van der Waals surface area contributed by atoms with Gasteiger partial charge in [-0.1, -0.05) is 13.8 Å². The summed E-state index contributed by atoms with van der Waals surface area (Å²) < 4.78 is 5.73. The Hall–Kier alpha value is -1.68. The molecule has 2 heterocycles. The van der Waals surface area contributed by atoms with Crippen molar-refractivity contribution in [1.82, 2.24) is 10.3 Å². The number of fused-ring (bicyclic) bond motifs is 1. The maximum atomic E-state index is 12.5. The Balaban J connectivity index is 1.89. The lowest BCUT2D eigenvalue weighted by molar-refractivity contribution is 0.0895. The van der Waals surface area contributed by atoms with Crippen molar-refractivity contribution in [2.24, 2.45) is 5.92 Å². The van der Waals surface area contributed by atoms with Gasteiger partial charge in [-0.05, 0) is 44.1 Å². The Bertz CT molecular complexity index is 624. The molecule has 1 fully saturated rings. The molecule has 0 aliphatic carbocycles. The van der Waals surface area contributed by atoms with Crippen LogP contribution in [-0.4, -0.2) is 23.9 Å². The first-order valence-electron chi connectivity index (χ1n) is 7.30. The van der Waals surface area contributed by atoms with Gasteiger partial charge < -0.3 is 9.73 Å². The number of benzene rings is 1. The molecule has 1 aliphatic heterocycles. The van der Waals surface area contributed by atoms with E-state index >= 15 is 0 Å². The molecule has 0 saturated carbocycles. The third-order valence-corrected chi connectivity index (χ3v) is 3.89. The van der Waals surface area contributed by atoms with Gasteiger partial charge in [0.05, 0.1) is 0 Å². The number of carbonyl (C=O) groups is 1. The van der Waals surface area contributed by atoms with Gasteiger partial charge in [0.15, 0.2) is 17.3 Å². The molecular formula is C16H20N2O2. The van der Waals surface area contributed by atoms with Crippen molar-refractivity contribution in [3.8, 4) is 0 Å².